The lowest BCUT2D eigenvalue weighted by Crippen LogP contribution is -2.15. The topological polar surface area (TPSA) is 115 Å². The number of rotatable bonds is 7. The summed E-state index contributed by atoms with van der Waals surface area (Å²) in [6.45, 7) is 2.54. The van der Waals surface area contributed by atoms with Gasteiger partial charge in [0.25, 0.3) is 5.69 Å². The Morgan fingerprint density at radius 1 is 1.21 bits per heavy atom. The molecule has 0 saturated heterocycles. The first-order chi connectivity index (χ1) is 11.3. The molecule has 0 aliphatic heterocycles. The van der Waals surface area contributed by atoms with Gasteiger partial charge in [0, 0.05) is 18.5 Å². The Kier molecular flexibility index (Phi) is 5.53. The fourth-order valence-electron chi connectivity index (χ4n) is 2.45. The zero-order chi connectivity index (χ0) is 17.7. The lowest BCUT2D eigenvalue weighted by Gasteiger charge is -2.17. The molecular weight excluding hydrogens is 330 g/mol. The Morgan fingerprint density at radius 3 is 2.42 bits per heavy atom. The van der Waals surface area contributed by atoms with Gasteiger partial charge in [0.1, 0.15) is 5.69 Å². The van der Waals surface area contributed by atoms with Crippen LogP contribution in [0.3, 0.4) is 0 Å². The summed E-state index contributed by atoms with van der Waals surface area (Å²) in [6, 6.07) is 13.4. The molecule has 0 unspecified atom stereocenters. The van der Waals surface area contributed by atoms with Gasteiger partial charge in [-0.1, -0.05) is 37.3 Å². The maximum absolute atomic E-state index is 11.4. The molecule has 2 rings (SSSR count). The van der Waals surface area contributed by atoms with Crippen LogP contribution in [0, 0.1) is 10.1 Å². The molecule has 2 aromatic rings. The average Bonchev–Trinajstić information content (AvgIpc) is 2.55. The quantitative estimate of drug-likeness (QED) is 0.589. The molecule has 0 aliphatic carbocycles. The third-order valence-corrected chi connectivity index (χ3v) is 4.71. The largest absolute Gasteiger partial charge is 0.379 e. The van der Waals surface area contributed by atoms with Crippen molar-refractivity contribution in [2.24, 2.45) is 5.14 Å². The van der Waals surface area contributed by atoms with Crippen molar-refractivity contribution in [3.63, 3.8) is 0 Å². The van der Waals surface area contributed by atoms with Crippen LogP contribution < -0.4 is 10.5 Å². The molecule has 24 heavy (non-hydrogen) atoms. The van der Waals surface area contributed by atoms with Crippen LogP contribution in [-0.2, 0) is 10.0 Å². The summed E-state index contributed by atoms with van der Waals surface area (Å²) in [6.07, 6.45) is 0.861. The molecule has 2 aromatic carbocycles. The van der Waals surface area contributed by atoms with E-state index in [4.69, 9.17) is 5.14 Å². The number of anilines is 1. The summed E-state index contributed by atoms with van der Waals surface area (Å²) in [5.41, 5.74) is 1.09. The zero-order valence-corrected chi connectivity index (χ0v) is 14.0. The normalized spacial score (nSPS) is 12.6. The standard InChI is InChI=1S/C16H19N3O4S/c1-2-12(13-6-4-3-5-7-13)11-18-15-9-8-14(24(17,22)23)10-16(15)19(20)21/h3-10,12,18H,2,11H2,1H3,(H2,17,22,23)/t12-/m0/s1. The molecule has 0 amide bonds. The second-order valence-corrected chi connectivity index (χ2v) is 6.94. The van der Waals surface area contributed by atoms with Crippen molar-refractivity contribution in [1.29, 1.82) is 0 Å². The molecular formula is C16H19N3O4S. The minimum Gasteiger partial charge on any atom is -0.379 e. The van der Waals surface area contributed by atoms with Crippen molar-refractivity contribution >= 4 is 21.4 Å². The van der Waals surface area contributed by atoms with Crippen molar-refractivity contribution in [3.8, 4) is 0 Å². The molecule has 0 radical (unpaired) electrons. The van der Waals surface area contributed by atoms with E-state index in [0.29, 0.717) is 6.54 Å². The minimum atomic E-state index is -3.99. The zero-order valence-electron chi connectivity index (χ0n) is 13.2. The van der Waals surface area contributed by atoms with E-state index in [9.17, 15) is 18.5 Å². The van der Waals surface area contributed by atoms with Gasteiger partial charge >= 0.3 is 0 Å². The van der Waals surface area contributed by atoms with E-state index >= 15 is 0 Å². The number of benzene rings is 2. The maximum Gasteiger partial charge on any atom is 0.293 e. The summed E-state index contributed by atoms with van der Waals surface area (Å²) >= 11 is 0. The highest BCUT2D eigenvalue weighted by Gasteiger charge is 2.20. The smallest absolute Gasteiger partial charge is 0.293 e. The molecule has 0 aliphatic rings. The van der Waals surface area contributed by atoms with Gasteiger partial charge in [-0.3, -0.25) is 10.1 Å². The molecule has 8 heteroatoms. The predicted octanol–water partition coefficient (Wildman–Crippen LogP) is 2.85. The lowest BCUT2D eigenvalue weighted by atomic mass is 9.96. The number of primary sulfonamides is 1. The van der Waals surface area contributed by atoms with Crippen molar-refractivity contribution < 1.29 is 13.3 Å². The molecule has 0 fully saturated rings. The van der Waals surface area contributed by atoms with Crippen LogP contribution >= 0.6 is 0 Å². The van der Waals surface area contributed by atoms with Crippen molar-refractivity contribution in [2.45, 2.75) is 24.2 Å². The number of nitrogens with zero attached hydrogens (tertiary/aromatic N) is 1. The minimum absolute atomic E-state index is 0.184. The van der Waals surface area contributed by atoms with Crippen LogP contribution in [-0.4, -0.2) is 19.9 Å². The fraction of sp³-hybridized carbons (Fsp3) is 0.250. The van der Waals surface area contributed by atoms with Crippen molar-refractivity contribution in [2.75, 3.05) is 11.9 Å². The number of sulfonamides is 1. The van der Waals surface area contributed by atoms with Crippen molar-refractivity contribution in [1.82, 2.24) is 0 Å². The number of hydrogen-bond acceptors (Lipinski definition) is 5. The first-order valence-electron chi connectivity index (χ1n) is 7.43. The number of nitrogens with one attached hydrogen (secondary N) is 1. The highest BCUT2D eigenvalue weighted by Crippen LogP contribution is 2.28. The Morgan fingerprint density at radius 2 is 1.88 bits per heavy atom. The molecule has 0 heterocycles. The van der Waals surface area contributed by atoms with Crippen LogP contribution in [0.1, 0.15) is 24.8 Å². The van der Waals surface area contributed by atoms with Gasteiger partial charge in [0.2, 0.25) is 10.0 Å². The summed E-state index contributed by atoms with van der Waals surface area (Å²) in [7, 11) is -3.99. The van der Waals surface area contributed by atoms with Crippen LogP contribution in [0.15, 0.2) is 53.4 Å². The third kappa shape index (κ3) is 4.30. The van der Waals surface area contributed by atoms with E-state index in [0.717, 1.165) is 18.1 Å². The van der Waals surface area contributed by atoms with Gasteiger partial charge in [0.05, 0.1) is 9.82 Å². The first-order valence-corrected chi connectivity index (χ1v) is 8.97. The van der Waals surface area contributed by atoms with E-state index in [1.165, 1.54) is 12.1 Å². The second kappa shape index (κ2) is 7.41. The van der Waals surface area contributed by atoms with Crippen LogP contribution in [0.5, 0.6) is 0 Å². The monoisotopic (exact) mass is 349 g/mol. The highest BCUT2D eigenvalue weighted by atomic mass is 32.2. The molecule has 7 nitrogen and oxygen atoms in total. The molecule has 128 valence electrons. The van der Waals surface area contributed by atoms with Gasteiger partial charge in [-0.2, -0.15) is 0 Å². The van der Waals surface area contributed by atoms with E-state index < -0.39 is 14.9 Å². The van der Waals surface area contributed by atoms with Crippen molar-refractivity contribution in [3.05, 3.63) is 64.2 Å². The van der Waals surface area contributed by atoms with Gasteiger partial charge in [-0.25, -0.2) is 13.6 Å². The SMILES string of the molecule is CC[C@@H](CNc1ccc(S(N)(=O)=O)cc1[N+](=O)[O-])c1ccccc1. The first kappa shape index (κ1) is 17.9. The molecule has 0 bridgehead atoms. The molecule has 0 aromatic heterocycles. The van der Waals surface area contributed by atoms with E-state index in [1.54, 1.807) is 0 Å². The predicted molar refractivity (Wildman–Crippen MR) is 92.4 cm³/mol. The lowest BCUT2D eigenvalue weighted by molar-refractivity contribution is -0.384. The molecule has 3 N–H and O–H groups in total. The van der Waals surface area contributed by atoms with Gasteiger partial charge in [-0.05, 0) is 24.1 Å². The summed E-state index contributed by atoms with van der Waals surface area (Å²) in [4.78, 5) is 10.3. The number of nitro groups is 1. The second-order valence-electron chi connectivity index (χ2n) is 5.38. The average molecular weight is 349 g/mol. The number of hydrogen-bond donors (Lipinski definition) is 2. The Labute approximate surface area is 140 Å². The van der Waals surface area contributed by atoms with Gasteiger partial charge in [0.15, 0.2) is 0 Å². The van der Waals surface area contributed by atoms with E-state index in [-0.39, 0.29) is 22.2 Å². The molecule has 0 saturated carbocycles. The number of nitrogens with two attached hydrogens (primary N) is 1. The number of nitro benzene ring substituents is 1. The molecule has 0 spiro atoms. The van der Waals surface area contributed by atoms with Gasteiger partial charge < -0.3 is 5.32 Å². The maximum atomic E-state index is 11.4. The van der Waals surface area contributed by atoms with Crippen LogP contribution in [0.4, 0.5) is 11.4 Å². The Bertz CT molecular complexity index is 822. The van der Waals surface area contributed by atoms with E-state index in [2.05, 4.69) is 5.32 Å². The third-order valence-electron chi connectivity index (χ3n) is 3.80. The van der Waals surface area contributed by atoms with Crippen LogP contribution in [0.25, 0.3) is 0 Å². The van der Waals surface area contributed by atoms with E-state index in [1.807, 2.05) is 37.3 Å². The summed E-state index contributed by atoms with van der Waals surface area (Å²) in [5, 5.41) is 19.3. The van der Waals surface area contributed by atoms with Crippen LogP contribution in [0.2, 0.25) is 0 Å². The molecule has 1 atom stereocenters. The highest BCUT2D eigenvalue weighted by molar-refractivity contribution is 7.89. The Hall–Kier alpha value is -2.45. The Balaban J connectivity index is 2.24. The summed E-state index contributed by atoms with van der Waals surface area (Å²) < 4.78 is 22.7. The fourth-order valence-corrected chi connectivity index (χ4v) is 2.98. The summed E-state index contributed by atoms with van der Waals surface area (Å²) in [5.74, 6) is 0.184. The van der Waals surface area contributed by atoms with Gasteiger partial charge in [-0.15, -0.1) is 0 Å².